The molecule has 5 nitrogen and oxygen atoms in total. The molecule has 1 aromatic heterocycles. The standard InChI is InChI=1S/C12H22N4O/c1-5-9(2)11(13)12(17)15(3)7-10-6-14-16(4)8-10/h6,8-9,11H,5,7,13H2,1-4H3. The number of amides is 1. The van der Waals surface area contributed by atoms with Gasteiger partial charge in [-0.2, -0.15) is 5.10 Å². The molecule has 0 aliphatic rings. The Morgan fingerprint density at radius 3 is 2.76 bits per heavy atom. The molecule has 17 heavy (non-hydrogen) atoms. The van der Waals surface area contributed by atoms with E-state index in [2.05, 4.69) is 5.10 Å². The van der Waals surface area contributed by atoms with E-state index in [1.54, 1.807) is 22.8 Å². The fourth-order valence-electron chi connectivity index (χ4n) is 1.66. The van der Waals surface area contributed by atoms with Crippen molar-refractivity contribution >= 4 is 5.91 Å². The van der Waals surface area contributed by atoms with Crippen LogP contribution in [0.25, 0.3) is 0 Å². The van der Waals surface area contributed by atoms with Crippen LogP contribution in [0.15, 0.2) is 12.4 Å². The van der Waals surface area contributed by atoms with Crippen LogP contribution in [0.3, 0.4) is 0 Å². The summed E-state index contributed by atoms with van der Waals surface area (Å²) in [5, 5.41) is 4.07. The fraction of sp³-hybridized carbons (Fsp3) is 0.667. The topological polar surface area (TPSA) is 64.2 Å². The lowest BCUT2D eigenvalue weighted by molar-refractivity contribution is -0.132. The van der Waals surface area contributed by atoms with Crippen LogP contribution in [0.4, 0.5) is 0 Å². The summed E-state index contributed by atoms with van der Waals surface area (Å²) in [6.07, 6.45) is 4.57. The highest BCUT2D eigenvalue weighted by molar-refractivity contribution is 5.81. The SMILES string of the molecule is CCC(C)C(N)C(=O)N(C)Cc1cnn(C)c1. The number of rotatable bonds is 5. The minimum Gasteiger partial charge on any atom is -0.340 e. The first kappa shape index (κ1) is 13.7. The monoisotopic (exact) mass is 238 g/mol. The van der Waals surface area contributed by atoms with E-state index in [1.807, 2.05) is 27.1 Å². The Kier molecular flexibility index (Phi) is 4.69. The van der Waals surface area contributed by atoms with Crippen molar-refractivity contribution in [3.05, 3.63) is 18.0 Å². The average molecular weight is 238 g/mol. The minimum absolute atomic E-state index is 0.0109. The molecule has 0 bridgehead atoms. The Morgan fingerprint density at radius 2 is 2.29 bits per heavy atom. The highest BCUT2D eigenvalue weighted by Crippen LogP contribution is 2.09. The van der Waals surface area contributed by atoms with Crippen LogP contribution in [-0.4, -0.2) is 33.7 Å². The zero-order valence-corrected chi connectivity index (χ0v) is 11.1. The van der Waals surface area contributed by atoms with Gasteiger partial charge < -0.3 is 10.6 Å². The van der Waals surface area contributed by atoms with Gasteiger partial charge in [0.2, 0.25) is 5.91 Å². The van der Waals surface area contributed by atoms with Crippen molar-refractivity contribution in [2.24, 2.45) is 18.7 Å². The van der Waals surface area contributed by atoms with Crippen molar-refractivity contribution in [1.82, 2.24) is 14.7 Å². The van der Waals surface area contributed by atoms with E-state index in [1.165, 1.54) is 0 Å². The lowest BCUT2D eigenvalue weighted by atomic mass is 9.99. The van der Waals surface area contributed by atoms with Crippen molar-refractivity contribution < 1.29 is 4.79 Å². The number of hydrogen-bond acceptors (Lipinski definition) is 3. The molecule has 1 aromatic rings. The third-order valence-corrected chi connectivity index (χ3v) is 3.10. The van der Waals surface area contributed by atoms with Crippen LogP contribution in [0.1, 0.15) is 25.8 Å². The van der Waals surface area contributed by atoms with Gasteiger partial charge in [0.15, 0.2) is 0 Å². The normalized spacial score (nSPS) is 14.4. The third-order valence-electron chi connectivity index (χ3n) is 3.10. The first-order valence-corrected chi connectivity index (χ1v) is 5.93. The molecule has 0 fully saturated rings. The Bertz CT molecular complexity index is 374. The molecule has 2 unspecified atom stereocenters. The predicted octanol–water partition coefficient (Wildman–Crippen LogP) is 0.752. The van der Waals surface area contributed by atoms with Gasteiger partial charge in [-0.05, 0) is 5.92 Å². The van der Waals surface area contributed by atoms with Gasteiger partial charge in [-0.15, -0.1) is 0 Å². The molecule has 0 radical (unpaired) electrons. The Morgan fingerprint density at radius 1 is 1.65 bits per heavy atom. The second-order valence-corrected chi connectivity index (χ2v) is 4.63. The first-order chi connectivity index (χ1) is 7.95. The van der Waals surface area contributed by atoms with Crippen LogP contribution in [0.2, 0.25) is 0 Å². The molecule has 0 aliphatic heterocycles. The van der Waals surface area contributed by atoms with E-state index in [0.717, 1.165) is 12.0 Å². The van der Waals surface area contributed by atoms with Crippen LogP contribution >= 0.6 is 0 Å². The van der Waals surface area contributed by atoms with Crippen LogP contribution < -0.4 is 5.73 Å². The van der Waals surface area contributed by atoms with Crippen molar-refractivity contribution in [1.29, 1.82) is 0 Å². The highest BCUT2D eigenvalue weighted by atomic mass is 16.2. The van der Waals surface area contributed by atoms with E-state index in [-0.39, 0.29) is 11.8 Å². The fourth-order valence-corrected chi connectivity index (χ4v) is 1.66. The molecule has 0 aliphatic carbocycles. The summed E-state index contributed by atoms with van der Waals surface area (Å²) >= 11 is 0. The summed E-state index contributed by atoms with van der Waals surface area (Å²) in [4.78, 5) is 13.7. The molecule has 0 spiro atoms. The summed E-state index contributed by atoms with van der Waals surface area (Å²) in [6, 6.07) is -0.415. The minimum atomic E-state index is -0.415. The number of carbonyl (C=O) groups excluding carboxylic acids is 1. The smallest absolute Gasteiger partial charge is 0.239 e. The van der Waals surface area contributed by atoms with Gasteiger partial charge in [-0.25, -0.2) is 0 Å². The Balaban J connectivity index is 2.58. The molecule has 96 valence electrons. The lowest BCUT2D eigenvalue weighted by Gasteiger charge is -2.24. The molecule has 2 N–H and O–H groups in total. The average Bonchev–Trinajstić information content (AvgIpc) is 2.71. The number of likely N-dealkylation sites (N-methyl/N-ethyl adjacent to an activating group) is 1. The maximum absolute atomic E-state index is 12.0. The number of hydrogen-bond donors (Lipinski definition) is 1. The van der Waals surface area contributed by atoms with Gasteiger partial charge in [0, 0.05) is 32.4 Å². The largest absolute Gasteiger partial charge is 0.340 e. The van der Waals surface area contributed by atoms with E-state index in [4.69, 9.17) is 5.73 Å². The summed E-state index contributed by atoms with van der Waals surface area (Å²) < 4.78 is 1.72. The van der Waals surface area contributed by atoms with Gasteiger partial charge in [-0.3, -0.25) is 9.48 Å². The molecule has 1 amide bonds. The lowest BCUT2D eigenvalue weighted by Crippen LogP contribution is -2.45. The van der Waals surface area contributed by atoms with Gasteiger partial charge in [0.05, 0.1) is 12.2 Å². The van der Waals surface area contributed by atoms with Crippen molar-refractivity contribution in [3.8, 4) is 0 Å². The number of aromatic nitrogens is 2. The second-order valence-electron chi connectivity index (χ2n) is 4.63. The van der Waals surface area contributed by atoms with Crippen molar-refractivity contribution in [2.75, 3.05) is 7.05 Å². The molecule has 0 saturated heterocycles. The van der Waals surface area contributed by atoms with Crippen LogP contribution in [-0.2, 0) is 18.4 Å². The van der Waals surface area contributed by atoms with Crippen molar-refractivity contribution in [3.63, 3.8) is 0 Å². The maximum Gasteiger partial charge on any atom is 0.239 e. The maximum atomic E-state index is 12.0. The summed E-state index contributed by atoms with van der Waals surface area (Å²) in [5.41, 5.74) is 6.93. The zero-order valence-electron chi connectivity index (χ0n) is 11.1. The molecule has 1 heterocycles. The Labute approximate surface area is 103 Å². The zero-order chi connectivity index (χ0) is 13.0. The number of nitrogens with two attached hydrogens (primary N) is 1. The van der Waals surface area contributed by atoms with E-state index in [9.17, 15) is 4.79 Å². The summed E-state index contributed by atoms with van der Waals surface area (Å²) in [7, 11) is 3.63. The molecular weight excluding hydrogens is 216 g/mol. The molecule has 1 rings (SSSR count). The first-order valence-electron chi connectivity index (χ1n) is 5.93. The number of aryl methyl sites for hydroxylation is 1. The van der Waals surface area contributed by atoms with Crippen LogP contribution in [0, 0.1) is 5.92 Å². The highest BCUT2D eigenvalue weighted by Gasteiger charge is 2.22. The van der Waals surface area contributed by atoms with Gasteiger partial charge in [0.25, 0.3) is 0 Å². The summed E-state index contributed by atoms with van der Waals surface area (Å²) in [5.74, 6) is 0.196. The van der Waals surface area contributed by atoms with Gasteiger partial charge in [-0.1, -0.05) is 20.3 Å². The van der Waals surface area contributed by atoms with Gasteiger partial charge in [0.1, 0.15) is 0 Å². The number of nitrogens with zero attached hydrogens (tertiary/aromatic N) is 3. The summed E-state index contributed by atoms with van der Waals surface area (Å²) in [6.45, 7) is 4.59. The second kappa shape index (κ2) is 5.82. The van der Waals surface area contributed by atoms with E-state index >= 15 is 0 Å². The molecular formula is C12H22N4O. The molecule has 2 atom stereocenters. The van der Waals surface area contributed by atoms with Crippen molar-refractivity contribution in [2.45, 2.75) is 32.9 Å². The predicted molar refractivity (Wildman–Crippen MR) is 67.1 cm³/mol. The molecule has 5 heteroatoms. The molecule has 0 aromatic carbocycles. The van der Waals surface area contributed by atoms with Gasteiger partial charge >= 0.3 is 0 Å². The Hall–Kier alpha value is -1.36. The quantitative estimate of drug-likeness (QED) is 0.823. The van der Waals surface area contributed by atoms with E-state index in [0.29, 0.717) is 6.54 Å². The third kappa shape index (κ3) is 3.56. The number of carbonyl (C=O) groups is 1. The van der Waals surface area contributed by atoms with Crippen LogP contribution in [0.5, 0.6) is 0 Å². The van der Waals surface area contributed by atoms with E-state index < -0.39 is 6.04 Å². The molecule has 0 saturated carbocycles.